The van der Waals surface area contributed by atoms with Crippen molar-refractivity contribution in [3.63, 3.8) is 0 Å². The number of ether oxygens (including phenoxy) is 1. The van der Waals surface area contributed by atoms with Crippen LogP contribution in [0.15, 0.2) is 24.3 Å². The van der Waals surface area contributed by atoms with Crippen LogP contribution in [-0.2, 0) is 0 Å². The number of nitrogens with two attached hydrogens (primary N) is 1. The summed E-state index contributed by atoms with van der Waals surface area (Å²) < 4.78 is 5.08. The molecule has 0 fully saturated rings. The van der Waals surface area contributed by atoms with E-state index in [0.717, 1.165) is 11.3 Å². The van der Waals surface area contributed by atoms with Crippen molar-refractivity contribution in [2.24, 2.45) is 5.73 Å². The third-order valence-corrected chi connectivity index (χ3v) is 1.74. The summed E-state index contributed by atoms with van der Waals surface area (Å²) in [6, 6.07) is 7.05. The Balaban J connectivity index is 2.96. The van der Waals surface area contributed by atoms with Crippen LogP contribution >= 0.6 is 0 Å². The molecular formula is C9H13NO2. The largest absolute Gasteiger partial charge is 0.496 e. The average molecular weight is 167 g/mol. The van der Waals surface area contributed by atoms with Gasteiger partial charge in [-0.05, 0) is 6.07 Å². The van der Waals surface area contributed by atoms with Crippen LogP contribution in [0.4, 0.5) is 0 Å². The summed E-state index contributed by atoms with van der Waals surface area (Å²) in [5.74, 6) is 0.721. The highest BCUT2D eigenvalue weighted by Crippen LogP contribution is 2.22. The second-order valence-corrected chi connectivity index (χ2v) is 2.53. The van der Waals surface area contributed by atoms with Gasteiger partial charge < -0.3 is 15.6 Å². The van der Waals surface area contributed by atoms with Crippen molar-refractivity contribution < 1.29 is 9.84 Å². The van der Waals surface area contributed by atoms with Crippen molar-refractivity contribution in [3.8, 4) is 5.75 Å². The Morgan fingerprint density at radius 3 is 2.75 bits per heavy atom. The number of benzene rings is 1. The molecular weight excluding hydrogens is 154 g/mol. The average Bonchev–Trinajstić information content (AvgIpc) is 2.16. The Bertz CT molecular complexity index is 250. The SMILES string of the molecule is COc1ccccc1[C@@H](N)CO. The summed E-state index contributed by atoms with van der Waals surface area (Å²) in [6.45, 7) is -0.0691. The molecule has 0 aliphatic heterocycles. The van der Waals surface area contributed by atoms with Crippen LogP contribution in [0.1, 0.15) is 11.6 Å². The van der Waals surface area contributed by atoms with Gasteiger partial charge in [0.15, 0.2) is 0 Å². The van der Waals surface area contributed by atoms with Gasteiger partial charge in [-0.1, -0.05) is 18.2 Å². The van der Waals surface area contributed by atoms with Crippen molar-refractivity contribution in [2.45, 2.75) is 6.04 Å². The number of hydrogen-bond donors (Lipinski definition) is 2. The van der Waals surface area contributed by atoms with Crippen LogP contribution in [0.2, 0.25) is 0 Å². The molecule has 0 aliphatic carbocycles. The fourth-order valence-corrected chi connectivity index (χ4v) is 1.07. The molecule has 0 aromatic heterocycles. The zero-order valence-corrected chi connectivity index (χ0v) is 7.03. The van der Waals surface area contributed by atoms with Gasteiger partial charge >= 0.3 is 0 Å². The molecule has 12 heavy (non-hydrogen) atoms. The van der Waals surface area contributed by atoms with E-state index in [1.807, 2.05) is 24.3 Å². The normalized spacial score (nSPS) is 12.6. The lowest BCUT2D eigenvalue weighted by Crippen LogP contribution is -2.15. The first-order chi connectivity index (χ1) is 5.79. The Kier molecular flexibility index (Phi) is 3.08. The van der Waals surface area contributed by atoms with Gasteiger partial charge in [0, 0.05) is 5.56 Å². The third kappa shape index (κ3) is 1.75. The lowest BCUT2D eigenvalue weighted by Gasteiger charge is -2.12. The molecule has 3 heteroatoms. The number of rotatable bonds is 3. The number of methoxy groups -OCH3 is 1. The molecule has 1 aromatic rings. The van der Waals surface area contributed by atoms with Crippen molar-refractivity contribution in [3.05, 3.63) is 29.8 Å². The van der Waals surface area contributed by atoms with Gasteiger partial charge in [0.1, 0.15) is 5.75 Å². The monoisotopic (exact) mass is 167 g/mol. The third-order valence-electron chi connectivity index (χ3n) is 1.74. The highest BCUT2D eigenvalue weighted by atomic mass is 16.5. The molecule has 3 nitrogen and oxygen atoms in total. The lowest BCUT2D eigenvalue weighted by molar-refractivity contribution is 0.264. The summed E-state index contributed by atoms with van der Waals surface area (Å²) in [4.78, 5) is 0. The quantitative estimate of drug-likeness (QED) is 0.696. The Hall–Kier alpha value is -1.06. The molecule has 1 aromatic carbocycles. The molecule has 0 aliphatic rings. The molecule has 0 unspecified atom stereocenters. The maximum atomic E-state index is 8.83. The Labute approximate surface area is 71.8 Å². The van der Waals surface area contributed by atoms with E-state index in [4.69, 9.17) is 15.6 Å². The van der Waals surface area contributed by atoms with Crippen LogP contribution in [0, 0.1) is 0 Å². The second kappa shape index (κ2) is 4.09. The van der Waals surface area contributed by atoms with Crippen LogP contribution in [0.5, 0.6) is 5.75 Å². The molecule has 1 atom stereocenters. The van der Waals surface area contributed by atoms with Crippen LogP contribution in [-0.4, -0.2) is 18.8 Å². The van der Waals surface area contributed by atoms with Gasteiger partial charge in [-0.2, -0.15) is 0 Å². The number of hydrogen-bond acceptors (Lipinski definition) is 3. The van der Waals surface area contributed by atoms with E-state index in [1.54, 1.807) is 7.11 Å². The second-order valence-electron chi connectivity index (χ2n) is 2.53. The first-order valence-corrected chi connectivity index (χ1v) is 3.79. The van der Waals surface area contributed by atoms with E-state index in [1.165, 1.54) is 0 Å². The summed E-state index contributed by atoms with van der Waals surface area (Å²) in [5.41, 5.74) is 6.48. The van der Waals surface area contributed by atoms with E-state index in [2.05, 4.69) is 0 Å². The number of aliphatic hydroxyl groups is 1. The fraction of sp³-hybridized carbons (Fsp3) is 0.333. The lowest BCUT2D eigenvalue weighted by atomic mass is 10.1. The van der Waals surface area contributed by atoms with Gasteiger partial charge in [0.25, 0.3) is 0 Å². The highest BCUT2D eigenvalue weighted by molar-refractivity contribution is 5.35. The Morgan fingerprint density at radius 1 is 1.50 bits per heavy atom. The minimum atomic E-state index is -0.360. The topological polar surface area (TPSA) is 55.5 Å². The van der Waals surface area contributed by atoms with Gasteiger partial charge in [-0.3, -0.25) is 0 Å². The van der Waals surface area contributed by atoms with Gasteiger partial charge in [-0.25, -0.2) is 0 Å². The van der Waals surface area contributed by atoms with E-state index in [0.29, 0.717) is 0 Å². The maximum Gasteiger partial charge on any atom is 0.123 e. The summed E-state index contributed by atoms with van der Waals surface area (Å²) in [6.07, 6.45) is 0. The molecule has 66 valence electrons. The van der Waals surface area contributed by atoms with Crippen LogP contribution in [0.25, 0.3) is 0 Å². The summed E-state index contributed by atoms with van der Waals surface area (Å²) in [7, 11) is 1.59. The van der Waals surface area contributed by atoms with E-state index in [-0.39, 0.29) is 12.6 Å². The van der Waals surface area contributed by atoms with Crippen molar-refractivity contribution >= 4 is 0 Å². The number of aliphatic hydroxyl groups excluding tert-OH is 1. The van der Waals surface area contributed by atoms with Crippen molar-refractivity contribution in [2.75, 3.05) is 13.7 Å². The molecule has 0 bridgehead atoms. The number of para-hydroxylation sites is 1. The molecule has 0 amide bonds. The fourth-order valence-electron chi connectivity index (χ4n) is 1.07. The maximum absolute atomic E-state index is 8.83. The van der Waals surface area contributed by atoms with E-state index in [9.17, 15) is 0 Å². The van der Waals surface area contributed by atoms with E-state index >= 15 is 0 Å². The predicted molar refractivity (Wildman–Crippen MR) is 47.0 cm³/mol. The predicted octanol–water partition coefficient (Wildman–Crippen LogP) is 0.687. The zero-order valence-electron chi connectivity index (χ0n) is 7.03. The molecule has 0 heterocycles. The van der Waals surface area contributed by atoms with Crippen LogP contribution < -0.4 is 10.5 Å². The highest BCUT2D eigenvalue weighted by Gasteiger charge is 2.08. The van der Waals surface area contributed by atoms with Crippen molar-refractivity contribution in [1.82, 2.24) is 0 Å². The molecule has 1 rings (SSSR count). The molecule has 0 radical (unpaired) electrons. The summed E-state index contributed by atoms with van der Waals surface area (Å²) in [5, 5.41) is 8.83. The van der Waals surface area contributed by atoms with Crippen molar-refractivity contribution in [1.29, 1.82) is 0 Å². The minimum Gasteiger partial charge on any atom is -0.496 e. The summed E-state index contributed by atoms with van der Waals surface area (Å²) >= 11 is 0. The van der Waals surface area contributed by atoms with Gasteiger partial charge in [-0.15, -0.1) is 0 Å². The molecule has 3 N–H and O–H groups in total. The van der Waals surface area contributed by atoms with Gasteiger partial charge in [0.05, 0.1) is 19.8 Å². The molecule has 0 spiro atoms. The molecule has 0 saturated carbocycles. The Morgan fingerprint density at radius 2 is 2.17 bits per heavy atom. The first-order valence-electron chi connectivity index (χ1n) is 3.79. The van der Waals surface area contributed by atoms with Crippen LogP contribution in [0.3, 0.4) is 0 Å². The smallest absolute Gasteiger partial charge is 0.123 e. The zero-order chi connectivity index (χ0) is 8.97. The minimum absolute atomic E-state index is 0.0691. The first kappa shape index (κ1) is 9.03. The van der Waals surface area contributed by atoms with Gasteiger partial charge in [0.2, 0.25) is 0 Å². The standard InChI is InChI=1S/C9H13NO2/c1-12-9-5-3-2-4-7(9)8(10)6-11/h2-5,8,11H,6,10H2,1H3/t8-/m0/s1. The molecule has 0 saturated heterocycles. The van der Waals surface area contributed by atoms with E-state index < -0.39 is 0 Å².